The molecule has 2 heterocycles. The van der Waals surface area contributed by atoms with E-state index in [0.29, 0.717) is 12.2 Å². The first-order valence-corrected chi connectivity index (χ1v) is 6.88. The van der Waals surface area contributed by atoms with Gasteiger partial charge in [0.25, 0.3) is 0 Å². The molecule has 0 spiro atoms. The molecule has 1 aliphatic heterocycles. The molecule has 3 rings (SSSR count). The molecule has 0 bridgehead atoms. The number of nitrogens with one attached hydrogen (secondary N) is 1. The maximum Gasteiger partial charge on any atom is 0.146 e. The molecule has 4 heteroatoms. The molecule has 0 radical (unpaired) electrons. The van der Waals surface area contributed by atoms with Crippen LogP contribution >= 0.6 is 0 Å². The highest BCUT2D eigenvalue weighted by Crippen LogP contribution is 2.36. The van der Waals surface area contributed by atoms with Crippen molar-refractivity contribution in [1.29, 1.82) is 0 Å². The van der Waals surface area contributed by atoms with Gasteiger partial charge in [-0.2, -0.15) is 0 Å². The standard InChI is InChI=1S/C16H17FN2O/c1-2-19-15(12-6-8-18-10-14(12)17)13-5-3-4-11-7-9-20-16(11)13/h3-6,8,10,15,19H,2,7,9H2,1H3. The molecule has 1 N–H and O–H groups in total. The summed E-state index contributed by atoms with van der Waals surface area (Å²) in [6.07, 6.45) is 3.79. The molecule has 2 aromatic rings. The number of benzene rings is 1. The highest BCUT2D eigenvalue weighted by Gasteiger charge is 2.24. The zero-order valence-corrected chi connectivity index (χ0v) is 11.4. The minimum atomic E-state index is -0.297. The van der Waals surface area contributed by atoms with Gasteiger partial charge in [0, 0.05) is 23.7 Å². The maximum absolute atomic E-state index is 14.1. The van der Waals surface area contributed by atoms with E-state index in [2.05, 4.69) is 16.4 Å². The van der Waals surface area contributed by atoms with Crippen molar-refractivity contribution in [2.75, 3.05) is 13.2 Å². The molecule has 20 heavy (non-hydrogen) atoms. The first-order valence-electron chi connectivity index (χ1n) is 6.88. The summed E-state index contributed by atoms with van der Waals surface area (Å²) >= 11 is 0. The number of pyridine rings is 1. The Kier molecular flexibility index (Phi) is 3.65. The molecule has 0 saturated heterocycles. The van der Waals surface area contributed by atoms with Crippen LogP contribution in [0.5, 0.6) is 5.75 Å². The number of aromatic nitrogens is 1. The lowest BCUT2D eigenvalue weighted by atomic mass is 9.96. The van der Waals surface area contributed by atoms with Crippen LogP contribution in [0.15, 0.2) is 36.7 Å². The number of ether oxygens (including phenoxy) is 1. The van der Waals surface area contributed by atoms with Crippen LogP contribution in [0.25, 0.3) is 0 Å². The number of rotatable bonds is 4. The minimum Gasteiger partial charge on any atom is -0.493 e. The molecule has 0 aliphatic carbocycles. The summed E-state index contributed by atoms with van der Waals surface area (Å²) in [4.78, 5) is 3.82. The number of nitrogens with zero attached hydrogens (tertiary/aromatic N) is 1. The average molecular weight is 272 g/mol. The molecule has 0 amide bonds. The van der Waals surface area contributed by atoms with E-state index in [1.807, 2.05) is 19.1 Å². The van der Waals surface area contributed by atoms with E-state index in [1.165, 1.54) is 11.8 Å². The van der Waals surface area contributed by atoms with Crippen molar-refractivity contribution in [3.8, 4) is 5.75 Å². The molecule has 0 fully saturated rings. The van der Waals surface area contributed by atoms with E-state index in [1.54, 1.807) is 12.3 Å². The van der Waals surface area contributed by atoms with Crippen LogP contribution in [0.3, 0.4) is 0 Å². The number of hydrogen-bond donors (Lipinski definition) is 1. The largest absolute Gasteiger partial charge is 0.493 e. The Hall–Kier alpha value is -1.94. The van der Waals surface area contributed by atoms with Crippen LogP contribution in [0.1, 0.15) is 29.7 Å². The fraction of sp³-hybridized carbons (Fsp3) is 0.312. The van der Waals surface area contributed by atoms with E-state index in [4.69, 9.17) is 4.74 Å². The average Bonchev–Trinajstić information content (AvgIpc) is 2.94. The monoisotopic (exact) mass is 272 g/mol. The number of hydrogen-bond acceptors (Lipinski definition) is 3. The van der Waals surface area contributed by atoms with Gasteiger partial charge in [-0.3, -0.25) is 4.98 Å². The molecule has 1 unspecified atom stereocenters. The van der Waals surface area contributed by atoms with Crippen molar-refractivity contribution in [3.05, 3.63) is 59.2 Å². The highest BCUT2D eigenvalue weighted by molar-refractivity contribution is 5.48. The lowest BCUT2D eigenvalue weighted by Crippen LogP contribution is -2.23. The second-order valence-electron chi connectivity index (χ2n) is 4.82. The Bertz CT molecular complexity index is 615. The third-order valence-electron chi connectivity index (χ3n) is 3.58. The van der Waals surface area contributed by atoms with Crippen molar-refractivity contribution in [2.45, 2.75) is 19.4 Å². The first-order chi connectivity index (χ1) is 9.81. The van der Waals surface area contributed by atoms with Crippen LogP contribution in [0, 0.1) is 5.82 Å². The fourth-order valence-electron chi connectivity index (χ4n) is 2.68. The Morgan fingerprint density at radius 3 is 3.05 bits per heavy atom. The molecule has 0 saturated carbocycles. The van der Waals surface area contributed by atoms with E-state index in [9.17, 15) is 4.39 Å². The van der Waals surface area contributed by atoms with Gasteiger partial charge in [-0.05, 0) is 18.2 Å². The predicted molar refractivity (Wildman–Crippen MR) is 75.4 cm³/mol. The summed E-state index contributed by atoms with van der Waals surface area (Å²) in [5.41, 5.74) is 2.79. The maximum atomic E-state index is 14.1. The smallest absolute Gasteiger partial charge is 0.146 e. The van der Waals surface area contributed by atoms with Gasteiger partial charge in [0.2, 0.25) is 0 Å². The molecular formula is C16H17FN2O. The molecular weight excluding hydrogens is 255 g/mol. The van der Waals surface area contributed by atoms with E-state index in [0.717, 1.165) is 24.3 Å². The molecule has 104 valence electrons. The van der Waals surface area contributed by atoms with Gasteiger partial charge in [0.15, 0.2) is 0 Å². The Labute approximate surface area is 117 Å². The van der Waals surface area contributed by atoms with Crippen molar-refractivity contribution >= 4 is 0 Å². The second kappa shape index (κ2) is 5.59. The SMILES string of the molecule is CCNC(c1ccncc1F)c1cccc2c1OCC2. The number of para-hydroxylation sites is 1. The van der Waals surface area contributed by atoms with Crippen LogP contribution < -0.4 is 10.1 Å². The van der Waals surface area contributed by atoms with Crippen molar-refractivity contribution in [2.24, 2.45) is 0 Å². The van der Waals surface area contributed by atoms with E-state index in [-0.39, 0.29) is 11.9 Å². The minimum absolute atomic E-state index is 0.212. The molecule has 1 aromatic heterocycles. The molecule has 3 nitrogen and oxygen atoms in total. The Morgan fingerprint density at radius 2 is 2.25 bits per heavy atom. The van der Waals surface area contributed by atoms with Crippen molar-refractivity contribution in [3.63, 3.8) is 0 Å². The summed E-state index contributed by atoms with van der Waals surface area (Å²) in [6.45, 7) is 3.45. The van der Waals surface area contributed by atoms with Gasteiger partial charge in [-0.15, -0.1) is 0 Å². The Morgan fingerprint density at radius 1 is 1.35 bits per heavy atom. The van der Waals surface area contributed by atoms with Gasteiger partial charge in [0.05, 0.1) is 18.8 Å². The summed E-state index contributed by atoms with van der Waals surface area (Å²) in [7, 11) is 0. The summed E-state index contributed by atoms with van der Waals surface area (Å²) < 4.78 is 19.8. The lowest BCUT2D eigenvalue weighted by Gasteiger charge is -2.21. The van der Waals surface area contributed by atoms with Gasteiger partial charge < -0.3 is 10.1 Å². The van der Waals surface area contributed by atoms with E-state index >= 15 is 0 Å². The van der Waals surface area contributed by atoms with E-state index < -0.39 is 0 Å². The third kappa shape index (κ3) is 2.27. The third-order valence-corrected chi connectivity index (χ3v) is 3.58. The fourth-order valence-corrected chi connectivity index (χ4v) is 2.68. The van der Waals surface area contributed by atoms with Crippen molar-refractivity contribution in [1.82, 2.24) is 10.3 Å². The quantitative estimate of drug-likeness (QED) is 0.929. The van der Waals surface area contributed by atoms with Crippen molar-refractivity contribution < 1.29 is 9.13 Å². The first kappa shape index (κ1) is 13.1. The molecule has 1 aliphatic rings. The van der Waals surface area contributed by atoms with Crippen LogP contribution in [0.4, 0.5) is 4.39 Å². The normalized spacial score (nSPS) is 14.7. The number of halogens is 1. The van der Waals surface area contributed by atoms with Gasteiger partial charge in [-0.1, -0.05) is 25.1 Å². The predicted octanol–water partition coefficient (Wildman–Crippen LogP) is 2.85. The molecule has 1 aromatic carbocycles. The van der Waals surface area contributed by atoms with Crippen LogP contribution in [-0.4, -0.2) is 18.1 Å². The summed E-state index contributed by atoms with van der Waals surface area (Å²) in [5, 5.41) is 3.34. The zero-order valence-electron chi connectivity index (χ0n) is 11.4. The lowest BCUT2D eigenvalue weighted by molar-refractivity contribution is 0.350. The van der Waals surface area contributed by atoms with Gasteiger partial charge in [-0.25, -0.2) is 4.39 Å². The summed E-state index contributed by atoms with van der Waals surface area (Å²) in [5.74, 6) is 0.601. The van der Waals surface area contributed by atoms with Gasteiger partial charge >= 0.3 is 0 Å². The zero-order chi connectivity index (χ0) is 13.9. The van der Waals surface area contributed by atoms with Gasteiger partial charge in [0.1, 0.15) is 11.6 Å². The topological polar surface area (TPSA) is 34.2 Å². The molecule has 1 atom stereocenters. The number of fused-ring (bicyclic) bond motifs is 1. The second-order valence-corrected chi connectivity index (χ2v) is 4.82. The van der Waals surface area contributed by atoms with Crippen LogP contribution in [-0.2, 0) is 6.42 Å². The highest BCUT2D eigenvalue weighted by atomic mass is 19.1. The van der Waals surface area contributed by atoms with Crippen LogP contribution in [0.2, 0.25) is 0 Å². The Balaban J connectivity index is 2.08. The summed E-state index contributed by atoms with van der Waals surface area (Å²) in [6, 6.07) is 7.58.